The van der Waals surface area contributed by atoms with Crippen molar-refractivity contribution in [3.05, 3.63) is 30.1 Å². The van der Waals surface area contributed by atoms with E-state index >= 15 is 0 Å². The number of nitrogens with zero attached hydrogens (tertiary/aromatic N) is 3. The van der Waals surface area contributed by atoms with E-state index in [1.807, 2.05) is 25.1 Å². The summed E-state index contributed by atoms with van der Waals surface area (Å²) in [7, 11) is -3.19. The third-order valence-corrected chi connectivity index (χ3v) is 6.54. The number of amides is 1. The van der Waals surface area contributed by atoms with E-state index in [4.69, 9.17) is 0 Å². The van der Waals surface area contributed by atoms with Gasteiger partial charge in [0.1, 0.15) is 0 Å². The van der Waals surface area contributed by atoms with Crippen LogP contribution in [0.1, 0.15) is 25.3 Å². The largest absolute Gasteiger partial charge is 0.345 e. The second-order valence-electron chi connectivity index (χ2n) is 6.38. The third kappa shape index (κ3) is 4.19. The molecule has 1 fully saturated rings. The molecule has 0 saturated carbocycles. The second-order valence-corrected chi connectivity index (χ2v) is 8.47. The maximum Gasteiger partial charge on any atom is 0.227 e. The van der Waals surface area contributed by atoms with Gasteiger partial charge in [0.05, 0.1) is 29.5 Å². The quantitative estimate of drug-likeness (QED) is 0.839. The monoisotopic (exact) mass is 364 g/mol. The van der Waals surface area contributed by atoms with Crippen molar-refractivity contribution < 1.29 is 13.2 Å². The minimum Gasteiger partial charge on any atom is -0.345 e. The second kappa shape index (κ2) is 7.53. The van der Waals surface area contributed by atoms with Crippen molar-refractivity contribution in [2.24, 2.45) is 0 Å². The highest BCUT2D eigenvalue weighted by atomic mass is 32.2. The number of fused-ring (bicyclic) bond motifs is 1. The number of hydrogen-bond donors (Lipinski definition) is 1. The first-order chi connectivity index (χ1) is 12.0. The number of unbranched alkanes of at least 4 members (excludes halogenated alkanes) is 1. The molecule has 0 unspecified atom stereocenters. The molecular formula is C17H24N4O3S. The number of rotatable bonds is 6. The number of carbonyl (C=O) groups excluding carboxylic acids is 1. The van der Waals surface area contributed by atoms with Gasteiger partial charge in [-0.05, 0) is 24.1 Å². The maximum absolute atomic E-state index is 12.5. The van der Waals surface area contributed by atoms with Crippen molar-refractivity contribution >= 4 is 27.0 Å². The molecule has 0 aliphatic carbocycles. The number of hydrogen-bond acceptors (Lipinski definition) is 4. The SMILES string of the molecule is CCCCS(=O)(=O)N1CCN(C(=O)Cc2ccc3nc[nH]c3c2)CC1. The van der Waals surface area contributed by atoms with Crippen LogP contribution in [0.4, 0.5) is 0 Å². The molecule has 1 saturated heterocycles. The van der Waals surface area contributed by atoms with Gasteiger partial charge in [-0.25, -0.2) is 13.4 Å². The van der Waals surface area contributed by atoms with Crippen LogP contribution in [0.5, 0.6) is 0 Å². The molecule has 0 radical (unpaired) electrons. The minimum atomic E-state index is -3.19. The molecule has 1 N–H and O–H groups in total. The molecule has 0 atom stereocenters. The van der Waals surface area contributed by atoms with Crippen LogP contribution in [0.25, 0.3) is 11.0 Å². The zero-order valence-electron chi connectivity index (χ0n) is 14.4. The summed E-state index contributed by atoms with van der Waals surface area (Å²) < 4.78 is 26.0. The lowest BCUT2D eigenvalue weighted by molar-refractivity contribution is -0.131. The molecule has 1 amide bonds. The summed E-state index contributed by atoms with van der Waals surface area (Å²) in [5.41, 5.74) is 2.72. The standard InChI is InChI=1S/C17H24N4O3S/c1-2-3-10-25(23,24)21-8-6-20(7-9-21)17(22)12-14-4-5-15-16(11-14)19-13-18-15/h4-5,11,13H,2-3,6-10,12H2,1H3,(H,18,19). The molecule has 0 spiro atoms. The van der Waals surface area contributed by atoms with Crippen molar-refractivity contribution in [1.82, 2.24) is 19.2 Å². The summed E-state index contributed by atoms with van der Waals surface area (Å²) >= 11 is 0. The van der Waals surface area contributed by atoms with E-state index in [0.717, 1.165) is 23.0 Å². The smallest absolute Gasteiger partial charge is 0.227 e. The fourth-order valence-electron chi connectivity index (χ4n) is 3.05. The fraction of sp³-hybridized carbons (Fsp3) is 0.529. The van der Waals surface area contributed by atoms with Crippen molar-refractivity contribution in [3.8, 4) is 0 Å². The Balaban J connectivity index is 1.56. The molecule has 25 heavy (non-hydrogen) atoms. The first-order valence-corrected chi connectivity index (χ1v) is 10.3. The number of aromatic amines is 1. The van der Waals surface area contributed by atoms with Crippen LogP contribution >= 0.6 is 0 Å². The first-order valence-electron chi connectivity index (χ1n) is 8.67. The Labute approximate surface area is 148 Å². The number of carbonyl (C=O) groups is 1. The van der Waals surface area contributed by atoms with Crippen LogP contribution in [0.3, 0.4) is 0 Å². The molecule has 8 heteroatoms. The van der Waals surface area contributed by atoms with E-state index < -0.39 is 10.0 Å². The van der Waals surface area contributed by atoms with Gasteiger partial charge in [0.25, 0.3) is 0 Å². The lowest BCUT2D eigenvalue weighted by Crippen LogP contribution is -2.51. The van der Waals surface area contributed by atoms with Gasteiger partial charge in [-0.15, -0.1) is 0 Å². The third-order valence-electron chi connectivity index (χ3n) is 4.58. The molecule has 3 rings (SSSR count). The topological polar surface area (TPSA) is 86.4 Å². The molecule has 1 aliphatic rings. The molecule has 1 aromatic carbocycles. The average Bonchev–Trinajstić information content (AvgIpc) is 3.08. The molecule has 2 aromatic rings. The molecule has 0 bridgehead atoms. The predicted molar refractivity (Wildman–Crippen MR) is 96.6 cm³/mol. The first kappa shape index (κ1) is 17.9. The number of sulfonamides is 1. The van der Waals surface area contributed by atoms with Crippen LogP contribution in [0.2, 0.25) is 0 Å². The van der Waals surface area contributed by atoms with Crippen LogP contribution in [-0.4, -0.2) is 65.4 Å². The summed E-state index contributed by atoms with van der Waals surface area (Å²) in [6.07, 6.45) is 3.49. The maximum atomic E-state index is 12.5. The number of benzene rings is 1. The Hall–Kier alpha value is -1.93. The number of imidazole rings is 1. The van der Waals surface area contributed by atoms with Gasteiger partial charge in [-0.2, -0.15) is 4.31 Å². The Kier molecular flexibility index (Phi) is 5.39. The van der Waals surface area contributed by atoms with Crippen molar-refractivity contribution in [2.45, 2.75) is 26.2 Å². The molecule has 136 valence electrons. The normalized spacial score (nSPS) is 16.4. The van der Waals surface area contributed by atoms with E-state index in [0.29, 0.717) is 39.0 Å². The highest BCUT2D eigenvalue weighted by molar-refractivity contribution is 7.89. The van der Waals surface area contributed by atoms with Crippen LogP contribution < -0.4 is 0 Å². The van der Waals surface area contributed by atoms with Crippen LogP contribution in [0, 0.1) is 0 Å². The molecule has 7 nitrogen and oxygen atoms in total. The zero-order valence-corrected chi connectivity index (χ0v) is 15.3. The lowest BCUT2D eigenvalue weighted by atomic mass is 10.1. The van der Waals surface area contributed by atoms with Crippen LogP contribution in [0.15, 0.2) is 24.5 Å². The van der Waals surface area contributed by atoms with Gasteiger partial charge in [-0.3, -0.25) is 4.79 Å². The Morgan fingerprint density at radius 1 is 1.24 bits per heavy atom. The van der Waals surface area contributed by atoms with Crippen molar-refractivity contribution in [1.29, 1.82) is 0 Å². The van der Waals surface area contributed by atoms with Crippen molar-refractivity contribution in [2.75, 3.05) is 31.9 Å². The van der Waals surface area contributed by atoms with Gasteiger partial charge in [-0.1, -0.05) is 19.4 Å². The number of aromatic nitrogens is 2. The number of piperazine rings is 1. The zero-order chi connectivity index (χ0) is 17.9. The minimum absolute atomic E-state index is 0.0319. The Morgan fingerprint density at radius 3 is 2.72 bits per heavy atom. The van der Waals surface area contributed by atoms with Gasteiger partial charge in [0.2, 0.25) is 15.9 Å². The Morgan fingerprint density at radius 2 is 2.00 bits per heavy atom. The van der Waals surface area contributed by atoms with Gasteiger partial charge < -0.3 is 9.88 Å². The molecule has 2 heterocycles. The Bertz CT molecular complexity index is 838. The van der Waals surface area contributed by atoms with E-state index in [-0.39, 0.29) is 11.7 Å². The van der Waals surface area contributed by atoms with Gasteiger partial charge in [0.15, 0.2) is 0 Å². The van der Waals surface area contributed by atoms with E-state index in [9.17, 15) is 13.2 Å². The summed E-state index contributed by atoms with van der Waals surface area (Å²) in [5.74, 6) is 0.228. The summed E-state index contributed by atoms with van der Waals surface area (Å²) in [4.78, 5) is 21.5. The fourth-order valence-corrected chi connectivity index (χ4v) is 4.68. The van der Waals surface area contributed by atoms with Crippen molar-refractivity contribution in [3.63, 3.8) is 0 Å². The predicted octanol–water partition coefficient (Wildman–Crippen LogP) is 1.38. The summed E-state index contributed by atoms with van der Waals surface area (Å²) in [6.45, 7) is 3.66. The van der Waals surface area contributed by atoms with E-state index in [1.165, 1.54) is 4.31 Å². The highest BCUT2D eigenvalue weighted by Gasteiger charge is 2.28. The van der Waals surface area contributed by atoms with E-state index in [1.54, 1.807) is 11.2 Å². The number of nitrogens with one attached hydrogen (secondary N) is 1. The lowest BCUT2D eigenvalue weighted by Gasteiger charge is -2.34. The van der Waals surface area contributed by atoms with Gasteiger partial charge >= 0.3 is 0 Å². The van der Waals surface area contributed by atoms with Gasteiger partial charge in [0, 0.05) is 26.2 Å². The molecule has 1 aliphatic heterocycles. The van der Waals surface area contributed by atoms with Crippen LogP contribution in [-0.2, 0) is 21.2 Å². The average molecular weight is 364 g/mol. The summed E-state index contributed by atoms with van der Waals surface area (Å²) in [5, 5.41) is 0. The number of H-pyrrole nitrogens is 1. The molecular weight excluding hydrogens is 340 g/mol. The highest BCUT2D eigenvalue weighted by Crippen LogP contribution is 2.15. The molecule has 1 aromatic heterocycles. The van der Waals surface area contributed by atoms with E-state index in [2.05, 4.69) is 9.97 Å². The summed E-state index contributed by atoms with van der Waals surface area (Å²) in [6, 6.07) is 5.74.